The molecule has 2 aromatic rings. The Hall–Kier alpha value is -3.11. The molecule has 166 valence electrons. The zero-order chi connectivity index (χ0) is 22.4. The lowest BCUT2D eigenvalue weighted by atomic mass is 10.2. The predicted octanol–water partition coefficient (Wildman–Crippen LogP) is 1.39. The van der Waals surface area contributed by atoms with Crippen molar-refractivity contribution in [2.75, 3.05) is 47.0 Å². The Morgan fingerprint density at radius 2 is 1.61 bits per heavy atom. The van der Waals surface area contributed by atoms with Crippen molar-refractivity contribution in [1.29, 1.82) is 0 Å². The molecule has 1 saturated heterocycles. The highest BCUT2D eigenvalue weighted by Gasteiger charge is 2.30. The van der Waals surface area contributed by atoms with Crippen molar-refractivity contribution in [3.05, 3.63) is 54.1 Å². The molecule has 0 spiro atoms. The molecular formula is C21H24N2O7S. The lowest BCUT2D eigenvalue weighted by molar-refractivity contribution is -0.135. The maximum absolute atomic E-state index is 12.7. The molecule has 2 aromatic carbocycles. The largest absolute Gasteiger partial charge is 0.497 e. The normalized spacial score (nSPS) is 14.7. The van der Waals surface area contributed by atoms with E-state index in [1.54, 1.807) is 42.5 Å². The van der Waals surface area contributed by atoms with E-state index in [9.17, 15) is 18.0 Å². The van der Waals surface area contributed by atoms with E-state index in [0.717, 1.165) is 0 Å². The Kier molecular flexibility index (Phi) is 7.13. The molecule has 0 bridgehead atoms. The molecule has 1 heterocycles. The summed E-state index contributed by atoms with van der Waals surface area (Å²) in [5, 5.41) is 0. The zero-order valence-electron chi connectivity index (χ0n) is 17.3. The number of piperazine rings is 1. The van der Waals surface area contributed by atoms with Gasteiger partial charge in [0.15, 0.2) is 6.61 Å². The molecule has 1 aliphatic rings. The molecule has 9 nitrogen and oxygen atoms in total. The van der Waals surface area contributed by atoms with E-state index >= 15 is 0 Å². The first-order chi connectivity index (χ1) is 14.9. The molecular weight excluding hydrogens is 424 g/mol. The van der Waals surface area contributed by atoms with Crippen LogP contribution in [-0.4, -0.2) is 76.5 Å². The van der Waals surface area contributed by atoms with E-state index < -0.39 is 28.5 Å². The van der Waals surface area contributed by atoms with Gasteiger partial charge in [-0.1, -0.05) is 18.2 Å². The van der Waals surface area contributed by atoms with Gasteiger partial charge in [0.25, 0.3) is 5.91 Å². The van der Waals surface area contributed by atoms with Gasteiger partial charge in [-0.25, -0.2) is 13.2 Å². The monoisotopic (exact) mass is 448 g/mol. The van der Waals surface area contributed by atoms with Crippen LogP contribution in [0.4, 0.5) is 0 Å². The Morgan fingerprint density at radius 3 is 2.23 bits per heavy atom. The summed E-state index contributed by atoms with van der Waals surface area (Å²) < 4.78 is 42.1. The third-order valence-corrected chi connectivity index (χ3v) is 6.84. The molecule has 0 N–H and O–H groups in total. The van der Waals surface area contributed by atoms with Crippen LogP contribution in [0.3, 0.4) is 0 Å². The van der Waals surface area contributed by atoms with Gasteiger partial charge < -0.3 is 19.1 Å². The number of hydrogen-bond donors (Lipinski definition) is 0. The average molecular weight is 448 g/mol. The SMILES string of the molecule is COc1ccc(OC)c(C(=O)OCC(=O)N2CCN(S(=O)(=O)c3ccccc3)CC2)c1. The van der Waals surface area contributed by atoms with Gasteiger partial charge in [0, 0.05) is 26.2 Å². The molecule has 10 heteroatoms. The quantitative estimate of drug-likeness (QED) is 0.590. The van der Waals surface area contributed by atoms with E-state index in [1.807, 2.05) is 0 Å². The minimum absolute atomic E-state index is 0.147. The molecule has 0 aliphatic carbocycles. The van der Waals surface area contributed by atoms with Gasteiger partial charge in [-0.3, -0.25) is 4.79 Å². The summed E-state index contributed by atoms with van der Waals surface area (Å²) >= 11 is 0. The van der Waals surface area contributed by atoms with Gasteiger partial charge in [0.05, 0.1) is 19.1 Å². The number of ether oxygens (including phenoxy) is 3. The van der Waals surface area contributed by atoms with Crippen molar-refractivity contribution in [3.8, 4) is 11.5 Å². The second-order valence-electron chi connectivity index (χ2n) is 6.74. The number of nitrogens with zero attached hydrogens (tertiary/aromatic N) is 2. The van der Waals surface area contributed by atoms with Gasteiger partial charge in [-0.2, -0.15) is 4.31 Å². The second-order valence-corrected chi connectivity index (χ2v) is 8.68. The van der Waals surface area contributed by atoms with E-state index in [4.69, 9.17) is 14.2 Å². The van der Waals surface area contributed by atoms with Gasteiger partial charge in [-0.15, -0.1) is 0 Å². The summed E-state index contributed by atoms with van der Waals surface area (Å²) in [5.74, 6) is -0.353. The van der Waals surface area contributed by atoms with Crippen molar-refractivity contribution in [2.24, 2.45) is 0 Å². The lowest BCUT2D eigenvalue weighted by Crippen LogP contribution is -2.51. The minimum Gasteiger partial charge on any atom is -0.497 e. The number of carbonyl (C=O) groups is 2. The first-order valence-corrected chi connectivity index (χ1v) is 11.0. The fraction of sp³-hybridized carbons (Fsp3) is 0.333. The van der Waals surface area contributed by atoms with Crippen LogP contribution in [-0.2, 0) is 19.6 Å². The number of sulfonamides is 1. The number of benzene rings is 2. The Balaban J connectivity index is 1.56. The average Bonchev–Trinajstić information content (AvgIpc) is 2.82. The van der Waals surface area contributed by atoms with Gasteiger partial charge >= 0.3 is 5.97 Å². The third kappa shape index (κ3) is 5.15. The summed E-state index contributed by atoms with van der Waals surface area (Å²) in [4.78, 5) is 26.6. The molecule has 0 radical (unpaired) electrons. The molecule has 0 aromatic heterocycles. The summed E-state index contributed by atoms with van der Waals surface area (Å²) in [6, 6.07) is 12.8. The number of carbonyl (C=O) groups excluding carboxylic acids is 2. The second kappa shape index (κ2) is 9.80. The van der Waals surface area contributed by atoms with Gasteiger partial charge in [0.1, 0.15) is 17.1 Å². The van der Waals surface area contributed by atoms with Crippen LogP contribution in [0.1, 0.15) is 10.4 Å². The van der Waals surface area contributed by atoms with Crippen LogP contribution < -0.4 is 9.47 Å². The number of rotatable bonds is 7. The van der Waals surface area contributed by atoms with Crippen LogP contribution in [0.2, 0.25) is 0 Å². The van der Waals surface area contributed by atoms with Crippen LogP contribution in [0.25, 0.3) is 0 Å². The molecule has 0 unspecified atom stereocenters. The van der Waals surface area contributed by atoms with Crippen molar-refractivity contribution in [3.63, 3.8) is 0 Å². The smallest absolute Gasteiger partial charge is 0.342 e. The number of amides is 1. The maximum atomic E-state index is 12.7. The number of methoxy groups -OCH3 is 2. The molecule has 31 heavy (non-hydrogen) atoms. The van der Waals surface area contributed by atoms with Gasteiger partial charge in [-0.05, 0) is 30.3 Å². The third-order valence-electron chi connectivity index (χ3n) is 4.93. The standard InChI is InChI=1S/C21H24N2O7S/c1-28-16-8-9-19(29-2)18(14-16)21(25)30-15-20(24)22-10-12-23(13-11-22)31(26,27)17-6-4-3-5-7-17/h3-9,14H,10-13,15H2,1-2H3. The van der Waals surface area contributed by atoms with Crippen molar-refractivity contribution < 1.29 is 32.2 Å². The fourth-order valence-electron chi connectivity index (χ4n) is 3.19. The molecule has 0 saturated carbocycles. The van der Waals surface area contributed by atoms with Crippen molar-refractivity contribution >= 4 is 21.9 Å². The Bertz CT molecular complexity index is 1030. The summed E-state index contributed by atoms with van der Waals surface area (Å²) in [5.41, 5.74) is 0.147. The number of esters is 1. The topological polar surface area (TPSA) is 102 Å². The maximum Gasteiger partial charge on any atom is 0.342 e. The minimum atomic E-state index is -3.60. The lowest BCUT2D eigenvalue weighted by Gasteiger charge is -2.33. The predicted molar refractivity (Wildman–Crippen MR) is 112 cm³/mol. The first-order valence-electron chi connectivity index (χ1n) is 9.59. The zero-order valence-corrected chi connectivity index (χ0v) is 18.1. The van der Waals surface area contributed by atoms with E-state index in [2.05, 4.69) is 0 Å². The number of hydrogen-bond acceptors (Lipinski definition) is 7. The summed E-state index contributed by atoms with van der Waals surface area (Å²) in [6.45, 7) is 0.307. The van der Waals surface area contributed by atoms with Crippen LogP contribution in [0.5, 0.6) is 11.5 Å². The van der Waals surface area contributed by atoms with E-state index in [-0.39, 0.29) is 36.6 Å². The van der Waals surface area contributed by atoms with Crippen LogP contribution in [0.15, 0.2) is 53.4 Å². The highest BCUT2D eigenvalue weighted by molar-refractivity contribution is 7.89. The van der Waals surface area contributed by atoms with E-state index in [1.165, 1.54) is 29.5 Å². The van der Waals surface area contributed by atoms with Crippen molar-refractivity contribution in [2.45, 2.75) is 4.90 Å². The summed E-state index contributed by atoms with van der Waals surface area (Å²) in [6.07, 6.45) is 0. The molecule has 1 fully saturated rings. The molecule has 0 atom stereocenters. The van der Waals surface area contributed by atoms with Crippen LogP contribution >= 0.6 is 0 Å². The van der Waals surface area contributed by atoms with Crippen molar-refractivity contribution in [1.82, 2.24) is 9.21 Å². The Morgan fingerprint density at radius 1 is 0.935 bits per heavy atom. The van der Waals surface area contributed by atoms with Crippen LogP contribution in [0, 0.1) is 0 Å². The Labute approximate surface area is 181 Å². The molecule has 3 rings (SSSR count). The molecule has 1 aliphatic heterocycles. The summed E-state index contributed by atoms with van der Waals surface area (Å²) in [7, 11) is -0.709. The van der Waals surface area contributed by atoms with E-state index in [0.29, 0.717) is 11.5 Å². The van der Waals surface area contributed by atoms with Gasteiger partial charge in [0.2, 0.25) is 10.0 Å². The highest BCUT2D eigenvalue weighted by atomic mass is 32.2. The highest BCUT2D eigenvalue weighted by Crippen LogP contribution is 2.24. The first kappa shape index (κ1) is 22.6. The fourth-order valence-corrected chi connectivity index (χ4v) is 4.63. The molecule has 1 amide bonds.